The molecule has 0 spiro atoms. The van der Waals surface area contributed by atoms with Gasteiger partial charge in [0.2, 0.25) is 5.91 Å². The maximum Gasteiger partial charge on any atom is 0.228 e. The third-order valence-corrected chi connectivity index (χ3v) is 24.1. The minimum Gasteiger partial charge on any atom is -0.508 e. The average molecular weight is 1970 g/mol. The molecule has 10 nitrogen and oxygen atoms in total. The smallest absolute Gasteiger partial charge is 0.228 e. The number of amides is 1. The number of benzene rings is 11. The third-order valence-electron chi connectivity index (χ3n) is 24.1. The molecule has 145 heavy (non-hydrogen) atoms. The lowest BCUT2D eigenvalue weighted by atomic mass is 9.87. The van der Waals surface area contributed by atoms with Crippen LogP contribution in [0.4, 0.5) is 22.7 Å². The second-order valence-electron chi connectivity index (χ2n) is 46.7. The minimum atomic E-state index is 0.113. The highest BCUT2D eigenvalue weighted by Crippen LogP contribution is 2.36. The number of hydrogen-bond acceptors (Lipinski definition) is 9. The van der Waals surface area contributed by atoms with Gasteiger partial charge in [0.05, 0.1) is 25.3 Å². The van der Waals surface area contributed by atoms with E-state index in [1.54, 1.807) is 26.2 Å². The second kappa shape index (κ2) is 64.6. The summed E-state index contributed by atoms with van der Waals surface area (Å²) in [6, 6.07) is 82.7. The Labute approximate surface area is 882 Å². The molecule has 0 bridgehead atoms. The van der Waals surface area contributed by atoms with Crippen molar-refractivity contribution in [2.45, 2.75) is 323 Å². The van der Waals surface area contributed by atoms with Gasteiger partial charge in [-0.15, -0.1) is 0 Å². The summed E-state index contributed by atoms with van der Waals surface area (Å²) in [5.74, 6) is 10.8. The Morgan fingerprint density at radius 2 is 0.759 bits per heavy atom. The van der Waals surface area contributed by atoms with Gasteiger partial charge in [-0.3, -0.25) is 19.4 Å². The number of nitrogen functional groups attached to an aromatic ring is 1. The van der Waals surface area contributed by atoms with Gasteiger partial charge in [-0.25, -0.2) is 0 Å². The molecule has 2 heterocycles. The van der Waals surface area contributed by atoms with Gasteiger partial charge >= 0.3 is 0 Å². The predicted molar refractivity (Wildman–Crippen MR) is 629 cm³/mol. The minimum absolute atomic E-state index is 0.113. The Kier molecular flexibility index (Phi) is 55.3. The van der Waals surface area contributed by atoms with Crippen molar-refractivity contribution in [2.75, 3.05) is 37.2 Å². The number of ether oxygens (including phenoxy) is 2. The zero-order valence-corrected chi connectivity index (χ0v) is 96.1. The SMILES string of the molecule is CC(=O)Cc1ccc(CC(C)C)cc1.CC(C)Cc1ccc(N(C)C)cc1.CC(C)Cc1ccc(N)cc1.CC(C)Cc1ccc(O)cc1.CC(C)Cc1ccc(OC(C)C)cc1.CC(C)Cc1ccc2c(c1)C=CC2.CC(C)Cc1ccc2c(c1)CC(=O)C2.CC(C)Cc1ccc2c(c1)N=C(C(C)(C)C)C2.CC(C)Cc1ccc2c(c1)NC(=O)C2.COc1cc(C)ccc1CC(C)C.Cc1ccc(CC(C)C)cc1. The number of rotatable bonds is 28. The number of allylic oxidation sites excluding steroid dienone is 1. The number of nitrogens with two attached hydrogens (primary N) is 1. The molecule has 0 unspecified atom stereocenters. The van der Waals surface area contributed by atoms with Gasteiger partial charge in [-0.05, 0) is 349 Å². The van der Waals surface area contributed by atoms with Gasteiger partial charge in [0.25, 0.3) is 0 Å². The molecule has 4 N–H and O–H groups in total. The summed E-state index contributed by atoms with van der Waals surface area (Å²) in [5.41, 5.74) is 38.2. The van der Waals surface area contributed by atoms with Crippen molar-refractivity contribution in [1.29, 1.82) is 0 Å². The molecule has 11 aromatic rings. The molecule has 2 aliphatic carbocycles. The number of nitrogens with one attached hydrogen (secondary N) is 1. The first kappa shape index (κ1) is 124. The van der Waals surface area contributed by atoms with E-state index in [4.69, 9.17) is 25.3 Å². The average Bonchev–Trinajstić information content (AvgIpc) is 1.66. The largest absolute Gasteiger partial charge is 0.508 e. The van der Waals surface area contributed by atoms with Crippen LogP contribution in [0.5, 0.6) is 17.2 Å². The number of phenols is 1. The summed E-state index contributed by atoms with van der Waals surface area (Å²) in [6.07, 6.45) is 21.7. The van der Waals surface area contributed by atoms with Crippen molar-refractivity contribution in [3.63, 3.8) is 0 Å². The number of ketones is 2. The van der Waals surface area contributed by atoms with Crippen LogP contribution < -0.4 is 25.4 Å². The molecule has 15 rings (SSSR count). The van der Waals surface area contributed by atoms with E-state index < -0.39 is 0 Å². The molecule has 0 saturated heterocycles. The number of aliphatic imine (C=N–C) groups is 1. The third kappa shape index (κ3) is 52.5. The molecule has 0 saturated carbocycles. The molecule has 4 aliphatic rings. The molecule has 2 aliphatic heterocycles. The van der Waals surface area contributed by atoms with Crippen LogP contribution >= 0.6 is 0 Å². The molecule has 0 atom stereocenters. The van der Waals surface area contributed by atoms with E-state index in [1.165, 1.54) is 136 Å². The Bertz CT molecular complexity index is 5410. The van der Waals surface area contributed by atoms with Gasteiger partial charge in [0.15, 0.2) is 0 Å². The van der Waals surface area contributed by atoms with E-state index in [0.717, 1.165) is 122 Å². The molecular formula is C135H190N4O6. The highest BCUT2D eigenvalue weighted by Gasteiger charge is 2.26. The lowest BCUT2D eigenvalue weighted by molar-refractivity contribution is -0.117. The van der Waals surface area contributed by atoms with Crippen LogP contribution in [-0.2, 0) is 124 Å². The first-order valence-electron chi connectivity index (χ1n) is 54.3. The highest BCUT2D eigenvalue weighted by molar-refractivity contribution is 5.99. The fourth-order valence-electron chi connectivity index (χ4n) is 17.4. The number of fused-ring (bicyclic) bond motifs is 4. The van der Waals surface area contributed by atoms with Crippen LogP contribution in [0.15, 0.2) is 248 Å². The van der Waals surface area contributed by atoms with E-state index in [0.29, 0.717) is 78.6 Å². The van der Waals surface area contributed by atoms with E-state index in [-0.39, 0.29) is 23.2 Å². The Balaban J connectivity index is 0.000000281. The number of carbonyl (C=O) groups excluding carboxylic acids is 3. The summed E-state index contributed by atoms with van der Waals surface area (Å²) < 4.78 is 10.9. The van der Waals surface area contributed by atoms with Gasteiger partial charge in [0, 0.05) is 68.0 Å². The number of Topliss-reactive ketones (excluding diaryl/α,β-unsaturated/α-hetero) is 2. The van der Waals surface area contributed by atoms with Crippen molar-refractivity contribution in [1.82, 2.24) is 0 Å². The van der Waals surface area contributed by atoms with E-state index in [1.807, 2.05) is 38.1 Å². The molecule has 10 heteroatoms. The van der Waals surface area contributed by atoms with E-state index >= 15 is 0 Å². The number of anilines is 3. The van der Waals surface area contributed by atoms with E-state index in [2.05, 4.69) is 424 Å². The Morgan fingerprint density at radius 1 is 0.393 bits per heavy atom. The number of hydrogen-bond donors (Lipinski definition) is 3. The summed E-state index contributed by atoms with van der Waals surface area (Å²) in [5, 5.41) is 11.9. The summed E-state index contributed by atoms with van der Waals surface area (Å²) in [4.78, 5) is 40.2. The molecule has 0 aromatic heterocycles. The lowest BCUT2D eigenvalue weighted by Gasteiger charge is -2.17. The van der Waals surface area contributed by atoms with Crippen LogP contribution in [-0.4, -0.2) is 55.6 Å². The molecular weight excluding hydrogens is 1770 g/mol. The number of aryl methyl sites for hydroxylation is 2. The number of methoxy groups -OCH3 is 1. The Hall–Kier alpha value is -11.4. The second-order valence-corrected chi connectivity index (χ2v) is 46.7. The lowest BCUT2D eigenvalue weighted by Crippen LogP contribution is -2.19. The molecule has 0 fully saturated rings. The first-order valence-corrected chi connectivity index (χ1v) is 54.3. The van der Waals surface area contributed by atoms with Gasteiger partial charge in [-0.2, -0.15) is 0 Å². The first-order chi connectivity index (χ1) is 68.3. The summed E-state index contributed by atoms with van der Waals surface area (Å²) >= 11 is 0. The predicted octanol–water partition coefficient (Wildman–Crippen LogP) is 34.0. The van der Waals surface area contributed by atoms with Crippen molar-refractivity contribution in [3.8, 4) is 17.2 Å². The maximum absolute atomic E-state index is 11.2. The topological polar surface area (TPSA) is 144 Å². The number of aromatic hydroxyl groups is 1. The normalized spacial score (nSPS) is 12.2. The maximum atomic E-state index is 11.2. The quantitative estimate of drug-likeness (QED) is 0.0411. The summed E-state index contributed by atoms with van der Waals surface area (Å²) in [7, 11) is 5.87. The monoisotopic (exact) mass is 1960 g/mol. The van der Waals surface area contributed by atoms with Gasteiger partial charge in [-0.1, -0.05) is 361 Å². The fraction of sp³-hybridized carbons (Fsp3) is 0.467. The molecule has 1 amide bonds. The Morgan fingerprint density at radius 3 is 1.19 bits per heavy atom. The van der Waals surface area contributed by atoms with Crippen LogP contribution in [0.1, 0.15) is 305 Å². The van der Waals surface area contributed by atoms with E-state index in [9.17, 15) is 14.4 Å². The van der Waals surface area contributed by atoms with Crippen LogP contribution in [0.3, 0.4) is 0 Å². The highest BCUT2D eigenvalue weighted by atomic mass is 16.5. The molecule has 11 aromatic carbocycles. The van der Waals surface area contributed by atoms with Crippen LogP contribution in [0, 0.1) is 84.4 Å². The van der Waals surface area contributed by atoms with Crippen LogP contribution in [0.25, 0.3) is 6.08 Å². The van der Waals surface area contributed by atoms with Crippen molar-refractivity contribution >= 4 is 52.0 Å². The van der Waals surface area contributed by atoms with Gasteiger partial charge in [0.1, 0.15) is 28.8 Å². The molecule has 786 valence electrons. The van der Waals surface area contributed by atoms with Crippen LogP contribution in [0.2, 0.25) is 0 Å². The fourth-order valence-corrected chi connectivity index (χ4v) is 17.4. The van der Waals surface area contributed by atoms with Crippen molar-refractivity contribution in [2.24, 2.45) is 75.5 Å². The summed E-state index contributed by atoms with van der Waals surface area (Å²) in [6.45, 7) is 65.7. The zero-order chi connectivity index (χ0) is 108. The van der Waals surface area contributed by atoms with Gasteiger partial charge < -0.3 is 30.5 Å². The number of carbonyl (C=O) groups is 3. The molecule has 0 radical (unpaired) electrons. The van der Waals surface area contributed by atoms with Crippen molar-refractivity contribution < 1.29 is 29.0 Å². The standard InChI is InChI=1S/C16H23N.C13H16O.C13H20O.C13H18O.C13H16.C12H15NO.C12H19N.C12H18O.C11H16.C10H15N.C10H14O/c1-11(2)8-12-6-7-13-10-15(16(3,4)5)17-14(13)9-12;1-9(2)5-10-3-4-11-7-13(14)8-12(11)6-10;1-10(2)9-12-5-7-13(8-6-12)14-11(3)4;1-10(2)8-12-4-6-13(7-5-12)9-11(3)14;1-10(2)8-11-6-7-12-4-3-5-13(12)9-11;1-8(2)5-9-3-4-10-7-12(14)13-11(10)6-9;1-10(2)9-11-5-7-12(8-6-11)13(3)4;1-9(2)7-11-6-5-10(3)8-12(11)13-4;1-9(2)8-11-6-4-10(3)5-7-11;2*1-8(2)7-9-3-5-10(11)6-4-9/h6-7,9,11H,8,10H2,1-5H3;3-4,6,9H,5,7-8H2,1-2H3;5-8,10-11H,9H2,1-4H3;4-7,10H,8-9H2,1-3H3;3,5-7,9-10H,4,8H2,1-2H3;3-4,6,8H,5,7H2,1-2H3,(H,13,14);5-8,10H,9H2,1-4H3;5-6,8-9H,7H2,1-4H3;4-7,9H,8H2,1-3H3;3-6,8H,7,11H2,1-2H3;3-6,8,11H,7H2,1-2H3. The zero-order valence-electron chi connectivity index (χ0n) is 96.1. The number of nitrogens with zero attached hydrogens (tertiary/aromatic N) is 2. The number of phenolic OH excluding ortho intramolecular Hbond substituents is 1. The van der Waals surface area contributed by atoms with Crippen molar-refractivity contribution in [3.05, 3.63) is 354 Å².